The maximum atomic E-state index is 10.7. The Kier molecular flexibility index (Phi) is 4.78. The maximum Gasteiger partial charge on any atom is 0.307 e. The molecule has 4 heteroatoms. The van der Waals surface area contributed by atoms with Crippen LogP contribution in [-0.4, -0.2) is 38.9 Å². The van der Waals surface area contributed by atoms with Crippen molar-refractivity contribution in [2.75, 3.05) is 26.8 Å². The van der Waals surface area contributed by atoms with Crippen molar-refractivity contribution >= 4 is 5.97 Å². The quantitative estimate of drug-likeness (QED) is 0.644. The number of carbonyl (C=O) groups excluding carboxylic acids is 1. The van der Waals surface area contributed by atoms with Gasteiger partial charge in [-0.1, -0.05) is 0 Å². The van der Waals surface area contributed by atoms with E-state index >= 15 is 0 Å². The zero-order chi connectivity index (χ0) is 9.52. The second-order valence-electron chi connectivity index (χ2n) is 3.17. The van der Waals surface area contributed by atoms with Crippen LogP contribution in [0.5, 0.6) is 0 Å². The molecule has 0 bridgehead atoms. The third-order valence-electron chi connectivity index (χ3n) is 2.14. The van der Waals surface area contributed by atoms with E-state index in [-0.39, 0.29) is 12.1 Å². The molecule has 76 valence electrons. The van der Waals surface area contributed by atoms with Gasteiger partial charge in [0.1, 0.15) is 0 Å². The van der Waals surface area contributed by atoms with Crippen molar-refractivity contribution in [2.45, 2.75) is 25.4 Å². The predicted molar refractivity (Wildman–Crippen MR) is 48.5 cm³/mol. The first-order valence-corrected chi connectivity index (χ1v) is 4.72. The lowest BCUT2D eigenvalue weighted by molar-refractivity contribution is -0.142. The molecule has 0 radical (unpaired) electrons. The van der Waals surface area contributed by atoms with Gasteiger partial charge in [0.15, 0.2) is 0 Å². The van der Waals surface area contributed by atoms with Crippen LogP contribution in [0.3, 0.4) is 0 Å². The third kappa shape index (κ3) is 4.24. The Morgan fingerprint density at radius 2 is 2.46 bits per heavy atom. The number of esters is 1. The highest BCUT2D eigenvalue weighted by Gasteiger charge is 2.13. The van der Waals surface area contributed by atoms with Crippen molar-refractivity contribution in [1.82, 2.24) is 5.32 Å². The summed E-state index contributed by atoms with van der Waals surface area (Å²) >= 11 is 0. The predicted octanol–water partition coefficient (Wildman–Crippen LogP) is 0.318. The molecule has 0 aromatic carbocycles. The van der Waals surface area contributed by atoms with Crippen LogP contribution in [0.2, 0.25) is 0 Å². The second-order valence-corrected chi connectivity index (χ2v) is 3.17. The van der Waals surface area contributed by atoms with Crippen LogP contribution in [0.4, 0.5) is 0 Å². The molecule has 1 aliphatic rings. The summed E-state index contributed by atoms with van der Waals surface area (Å²) in [6.45, 7) is 2.46. The Morgan fingerprint density at radius 3 is 3.08 bits per heavy atom. The topological polar surface area (TPSA) is 47.6 Å². The Bertz CT molecular complexity index is 155. The van der Waals surface area contributed by atoms with Crippen molar-refractivity contribution in [1.29, 1.82) is 0 Å². The smallest absolute Gasteiger partial charge is 0.307 e. The van der Waals surface area contributed by atoms with E-state index in [1.165, 1.54) is 7.11 Å². The summed E-state index contributed by atoms with van der Waals surface area (Å²) in [5.41, 5.74) is 0. The van der Waals surface area contributed by atoms with Gasteiger partial charge in [-0.15, -0.1) is 0 Å². The van der Waals surface area contributed by atoms with Gasteiger partial charge in [-0.3, -0.25) is 4.79 Å². The minimum Gasteiger partial charge on any atom is -0.469 e. The van der Waals surface area contributed by atoms with Crippen molar-refractivity contribution in [3.8, 4) is 0 Å². The number of hydrogen-bond acceptors (Lipinski definition) is 4. The molecule has 0 aromatic heterocycles. The molecule has 1 saturated heterocycles. The monoisotopic (exact) mass is 187 g/mol. The zero-order valence-electron chi connectivity index (χ0n) is 8.04. The molecule has 0 spiro atoms. The van der Waals surface area contributed by atoms with Crippen LogP contribution in [0, 0.1) is 0 Å². The molecule has 1 N–H and O–H groups in total. The lowest BCUT2D eigenvalue weighted by atomic mass is 10.1. The molecule has 13 heavy (non-hydrogen) atoms. The van der Waals surface area contributed by atoms with Gasteiger partial charge in [-0.2, -0.15) is 0 Å². The van der Waals surface area contributed by atoms with E-state index in [9.17, 15) is 4.79 Å². The molecular weight excluding hydrogens is 170 g/mol. The van der Waals surface area contributed by atoms with Gasteiger partial charge < -0.3 is 14.8 Å². The Morgan fingerprint density at radius 1 is 1.62 bits per heavy atom. The number of methoxy groups -OCH3 is 1. The number of rotatable bonds is 4. The molecule has 1 aliphatic heterocycles. The maximum absolute atomic E-state index is 10.7. The average molecular weight is 187 g/mol. The fourth-order valence-electron chi connectivity index (χ4n) is 1.37. The summed E-state index contributed by atoms with van der Waals surface area (Å²) < 4.78 is 10.00. The van der Waals surface area contributed by atoms with Crippen molar-refractivity contribution in [2.24, 2.45) is 0 Å². The largest absolute Gasteiger partial charge is 0.469 e. The fraction of sp³-hybridized carbons (Fsp3) is 0.889. The Hall–Kier alpha value is -0.610. The third-order valence-corrected chi connectivity index (χ3v) is 2.14. The van der Waals surface area contributed by atoms with Gasteiger partial charge in [-0.05, 0) is 19.4 Å². The summed E-state index contributed by atoms with van der Waals surface area (Å²) in [5, 5.41) is 3.25. The first-order valence-electron chi connectivity index (χ1n) is 4.72. The minimum atomic E-state index is -0.205. The lowest BCUT2D eigenvalue weighted by Crippen LogP contribution is -2.35. The van der Waals surface area contributed by atoms with Gasteiger partial charge in [0.25, 0.3) is 0 Å². The molecule has 1 atom stereocenters. The van der Waals surface area contributed by atoms with Gasteiger partial charge >= 0.3 is 5.97 Å². The molecule has 1 rings (SSSR count). The van der Waals surface area contributed by atoms with Gasteiger partial charge in [0, 0.05) is 6.54 Å². The lowest BCUT2D eigenvalue weighted by Gasteiger charge is -2.22. The summed E-state index contributed by atoms with van der Waals surface area (Å²) in [7, 11) is 1.39. The summed E-state index contributed by atoms with van der Waals surface area (Å²) in [6.07, 6.45) is 2.88. The van der Waals surface area contributed by atoms with E-state index in [0.717, 1.165) is 25.9 Å². The molecule has 1 unspecified atom stereocenters. The first kappa shape index (κ1) is 10.5. The van der Waals surface area contributed by atoms with E-state index in [4.69, 9.17) is 4.74 Å². The fourth-order valence-corrected chi connectivity index (χ4v) is 1.37. The van der Waals surface area contributed by atoms with Crippen LogP contribution in [0.25, 0.3) is 0 Å². The molecule has 0 saturated carbocycles. The molecule has 1 heterocycles. The van der Waals surface area contributed by atoms with Crippen LogP contribution < -0.4 is 5.32 Å². The minimum absolute atomic E-state index is 0.205. The number of carbonyl (C=O) groups is 1. The van der Waals surface area contributed by atoms with Crippen molar-refractivity contribution in [3.63, 3.8) is 0 Å². The van der Waals surface area contributed by atoms with Gasteiger partial charge in [0.05, 0.1) is 26.2 Å². The SMILES string of the molecule is COC(=O)CCOC1CCCNC1. The van der Waals surface area contributed by atoms with E-state index in [1.807, 2.05) is 0 Å². The van der Waals surface area contributed by atoms with Crippen molar-refractivity contribution < 1.29 is 14.3 Å². The van der Waals surface area contributed by atoms with E-state index in [0.29, 0.717) is 13.0 Å². The van der Waals surface area contributed by atoms with Gasteiger partial charge in [0.2, 0.25) is 0 Å². The van der Waals surface area contributed by atoms with E-state index in [1.54, 1.807) is 0 Å². The molecule has 0 amide bonds. The van der Waals surface area contributed by atoms with Crippen LogP contribution >= 0.6 is 0 Å². The molecule has 0 aliphatic carbocycles. The summed E-state index contributed by atoms with van der Waals surface area (Å²) in [6, 6.07) is 0. The van der Waals surface area contributed by atoms with Crippen molar-refractivity contribution in [3.05, 3.63) is 0 Å². The van der Waals surface area contributed by atoms with Crippen LogP contribution in [0.15, 0.2) is 0 Å². The number of piperidine rings is 1. The average Bonchev–Trinajstić information content (AvgIpc) is 2.19. The zero-order valence-corrected chi connectivity index (χ0v) is 8.04. The highest BCUT2D eigenvalue weighted by atomic mass is 16.5. The normalized spacial score (nSPS) is 22.7. The van der Waals surface area contributed by atoms with Crippen LogP contribution in [-0.2, 0) is 14.3 Å². The summed E-state index contributed by atoms with van der Waals surface area (Å²) in [4.78, 5) is 10.7. The Labute approximate surface area is 78.6 Å². The first-order chi connectivity index (χ1) is 6.33. The number of hydrogen-bond donors (Lipinski definition) is 1. The molecule has 4 nitrogen and oxygen atoms in total. The Balaban J connectivity index is 2.01. The number of ether oxygens (including phenoxy) is 2. The second kappa shape index (κ2) is 5.94. The summed E-state index contributed by atoms with van der Waals surface area (Å²) in [5.74, 6) is -0.205. The highest BCUT2D eigenvalue weighted by molar-refractivity contribution is 5.69. The molecule has 1 fully saturated rings. The number of nitrogens with one attached hydrogen (secondary N) is 1. The molecule has 0 aromatic rings. The highest BCUT2D eigenvalue weighted by Crippen LogP contribution is 2.06. The van der Waals surface area contributed by atoms with Gasteiger partial charge in [-0.25, -0.2) is 0 Å². The molecular formula is C9H17NO3. The van der Waals surface area contributed by atoms with Crippen LogP contribution in [0.1, 0.15) is 19.3 Å². The van der Waals surface area contributed by atoms with E-state index in [2.05, 4.69) is 10.1 Å². The standard InChI is InChI=1S/C9H17NO3/c1-12-9(11)4-6-13-8-3-2-5-10-7-8/h8,10H,2-7H2,1H3. The van der Waals surface area contributed by atoms with E-state index < -0.39 is 0 Å².